The minimum Gasteiger partial charge on any atom is -0.491 e. The Hall–Kier alpha value is -4.96. The van der Waals surface area contributed by atoms with Gasteiger partial charge in [-0.3, -0.25) is 9.59 Å². The summed E-state index contributed by atoms with van der Waals surface area (Å²) in [6.45, 7) is 14.0. The second-order valence-corrected chi connectivity index (χ2v) is 18.2. The van der Waals surface area contributed by atoms with Crippen molar-refractivity contribution in [3.8, 4) is 22.9 Å². The number of carboxylic acid groups (broad SMARTS) is 1. The van der Waals surface area contributed by atoms with E-state index in [0.29, 0.717) is 58.8 Å². The van der Waals surface area contributed by atoms with Crippen LogP contribution in [-0.4, -0.2) is 107 Å². The smallest absolute Gasteiger partial charge is 0.408 e. The second kappa shape index (κ2) is 16.4. The standard InChI is InChI=1S/C42H54N6O9S/c1-8-25-19-42(25,38(51)52)47-36(49)33-17-28(20-48(33)37(50)35(41(4,5)6)46-40(53)57-27-14-23-13-24(23)15-27)56-34-18-31(32-21-58-39(45-32)43-22(2)3)44-30-16-26(9-10-29(30)34)55-12-11-54-7/h8-10,16,18,21-25,27-28,33,35H,1,11-15,17,19-20H2,2-7H3,(H,43,45)(H,46,53)(H,47,49)(H,51,52)/t23-,24+,25?,27?,28?,33-,35+,42+/m0/s1. The van der Waals surface area contributed by atoms with Crippen molar-refractivity contribution in [2.24, 2.45) is 23.2 Å². The zero-order valence-electron chi connectivity index (χ0n) is 33.9. The number of nitrogens with one attached hydrogen (secondary N) is 3. The second-order valence-electron chi connectivity index (χ2n) is 17.4. The van der Waals surface area contributed by atoms with Gasteiger partial charge in [0.1, 0.15) is 53.6 Å². The molecular formula is C42H54N6O9S. The largest absolute Gasteiger partial charge is 0.491 e. The fourth-order valence-electron chi connectivity index (χ4n) is 8.19. The number of methoxy groups -OCH3 is 1. The number of thiazole rings is 1. The Labute approximate surface area is 342 Å². The molecule has 7 rings (SSSR count). The van der Waals surface area contributed by atoms with Crippen LogP contribution in [0.2, 0.25) is 0 Å². The van der Waals surface area contributed by atoms with Gasteiger partial charge in [0, 0.05) is 48.4 Å². The topological polar surface area (TPSA) is 191 Å². The zero-order chi connectivity index (χ0) is 41.5. The van der Waals surface area contributed by atoms with Crippen LogP contribution in [0.3, 0.4) is 0 Å². The first-order chi connectivity index (χ1) is 27.6. The molecule has 3 unspecified atom stereocenters. The SMILES string of the molecule is C=CC1C[C@]1(NC(=O)[C@@H]1CC(Oc2cc(-c3csc(NC(C)C)n3)nc3cc(OCCOC)ccc23)CN1C(=O)[C@@H](NC(=O)OC1C[C@@H]2C[C@@H]2C1)C(C)(C)C)C(=O)O. The summed E-state index contributed by atoms with van der Waals surface area (Å²) in [6, 6.07) is 5.26. The molecule has 2 aromatic heterocycles. The number of carbonyl (C=O) groups excluding carboxylic acids is 3. The highest BCUT2D eigenvalue weighted by Gasteiger charge is 2.61. The lowest BCUT2D eigenvalue weighted by Gasteiger charge is -2.35. The average Bonchev–Trinajstić information content (AvgIpc) is 3.83. The van der Waals surface area contributed by atoms with Gasteiger partial charge in [0.15, 0.2) is 5.13 Å². The van der Waals surface area contributed by atoms with Crippen LogP contribution in [0.4, 0.5) is 9.93 Å². The third-order valence-electron chi connectivity index (χ3n) is 11.5. The van der Waals surface area contributed by atoms with Crippen molar-refractivity contribution in [1.82, 2.24) is 25.5 Å². The van der Waals surface area contributed by atoms with Gasteiger partial charge in [0.2, 0.25) is 11.8 Å². The van der Waals surface area contributed by atoms with Crippen LogP contribution in [0.1, 0.15) is 66.7 Å². The maximum atomic E-state index is 14.7. The Balaban J connectivity index is 1.19. The number of ether oxygens (including phenoxy) is 4. The van der Waals surface area contributed by atoms with Crippen molar-refractivity contribution < 1.29 is 43.2 Å². The molecule has 4 aliphatic rings. The average molecular weight is 819 g/mol. The van der Waals surface area contributed by atoms with E-state index in [2.05, 4.69) is 22.5 Å². The number of alkyl carbamates (subject to hydrolysis) is 1. The van der Waals surface area contributed by atoms with Gasteiger partial charge in [-0.15, -0.1) is 17.9 Å². The Morgan fingerprint density at radius 1 is 1.05 bits per heavy atom. The van der Waals surface area contributed by atoms with E-state index in [0.717, 1.165) is 18.0 Å². The number of hydrogen-bond donors (Lipinski definition) is 4. The molecule has 3 aliphatic carbocycles. The monoisotopic (exact) mass is 818 g/mol. The summed E-state index contributed by atoms with van der Waals surface area (Å²) in [6.07, 6.45) is 2.98. The third-order valence-corrected chi connectivity index (χ3v) is 12.3. The van der Waals surface area contributed by atoms with Crippen molar-refractivity contribution in [3.05, 3.63) is 42.3 Å². The van der Waals surface area contributed by atoms with Crippen molar-refractivity contribution in [2.75, 3.05) is 32.2 Å². The molecule has 8 atom stereocenters. The van der Waals surface area contributed by atoms with E-state index >= 15 is 0 Å². The lowest BCUT2D eigenvalue weighted by molar-refractivity contribution is -0.146. The van der Waals surface area contributed by atoms with E-state index in [1.807, 2.05) is 58.2 Å². The lowest BCUT2D eigenvalue weighted by Crippen LogP contribution is -2.59. The number of benzene rings is 1. The molecule has 3 amide bonds. The number of amides is 3. The molecule has 1 saturated heterocycles. The minimum atomic E-state index is -1.52. The number of rotatable bonds is 16. The highest BCUT2D eigenvalue weighted by atomic mass is 32.1. The van der Waals surface area contributed by atoms with Crippen LogP contribution >= 0.6 is 11.3 Å². The molecule has 312 valence electrons. The van der Waals surface area contributed by atoms with Gasteiger partial charge in [-0.2, -0.15) is 0 Å². The summed E-state index contributed by atoms with van der Waals surface area (Å²) in [7, 11) is 1.60. The first kappa shape index (κ1) is 41.2. The number of carboxylic acids is 1. The molecule has 16 heteroatoms. The highest BCUT2D eigenvalue weighted by molar-refractivity contribution is 7.14. The molecule has 0 bridgehead atoms. The fraction of sp³-hybridized carbons (Fsp3) is 0.571. The van der Waals surface area contributed by atoms with Crippen molar-refractivity contribution in [1.29, 1.82) is 0 Å². The maximum absolute atomic E-state index is 14.7. The summed E-state index contributed by atoms with van der Waals surface area (Å²) in [5, 5.41) is 22.3. The molecule has 3 saturated carbocycles. The highest BCUT2D eigenvalue weighted by Crippen LogP contribution is 2.52. The Morgan fingerprint density at radius 2 is 1.81 bits per heavy atom. The number of hydrogen-bond acceptors (Lipinski definition) is 12. The molecule has 1 aliphatic heterocycles. The predicted octanol–water partition coefficient (Wildman–Crippen LogP) is 5.64. The number of nitrogens with zero attached hydrogens (tertiary/aromatic N) is 3. The first-order valence-electron chi connectivity index (χ1n) is 20.0. The van der Waals surface area contributed by atoms with Crippen LogP contribution < -0.4 is 25.4 Å². The summed E-state index contributed by atoms with van der Waals surface area (Å²) in [5.41, 5.74) is -0.539. The fourth-order valence-corrected chi connectivity index (χ4v) is 9.04. The summed E-state index contributed by atoms with van der Waals surface area (Å²) in [5.74, 6) is -0.521. The minimum absolute atomic E-state index is 0.0201. The molecule has 3 aromatic rings. The van der Waals surface area contributed by atoms with Crippen LogP contribution in [-0.2, 0) is 23.9 Å². The van der Waals surface area contributed by atoms with E-state index in [9.17, 15) is 24.3 Å². The summed E-state index contributed by atoms with van der Waals surface area (Å²) >= 11 is 1.46. The lowest BCUT2D eigenvalue weighted by atomic mass is 9.85. The summed E-state index contributed by atoms with van der Waals surface area (Å²) in [4.78, 5) is 65.7. The molecule has 4 fully saturated rings. The van der Waals surface area contributed by atoms with Crippen molar-refractivity contribution in [3.63, 3.8) is 0 Å². The molecule has 3 heterocycles. The Kier molecular flexibility index (Phi) is 11.6. The normalized spacial score (nSPS) is 26.4. The number of aliphatic carboxylic acids is 1. The number of carbonyl (C=O) groups is 4. The van der Waals surface area contributed by atoms with Crippen LogP contribution in [0.15, 0.2) is 42.3 Å². The molecule has 0 radical (unpaired) electrons. The van der Waals surface area contributed by atoms with Crippen LogP contribution in [0, 0.1) is 23.2 Å². The molecule has 0 spiro atoms. The van der Waals surface area contributed by atoms with Gasteiger partial charge in [0.25, 0.3) is 0 Å². The maximum Gasteiger partial charge on any atom is 0.408 e. The molecule has 58 heavy (non-hydrogen) atoms. The zero-order valence-corrected chi connectivity index (χ0v) is 34.7. The number of anilines is 1. The Bertz CT molecular complexity index is 2060. The number of pyridine rings is 1. The number of likely N-dealkylation sites (tertiary alicyclic amines) is 1. The molecule has 1 aromatic carbocycles. The van der Waals surface area contributed by atoms with E-state index in [1.54, 1.807) is 13.2 Å². The quantitative estimate of drug-likeness (QED) is 0.103. The van der Waals surface area contributed by atoms with Crippen LogP contribution in [0.25, 0.3) is 22.3 Å². The van der Waals surface area contributed by atoms with Crippen LogP contribution in [0.5, 0.6) is 11.5 Å². The molecule has 15 nitrogen and oxygen atoms in total. The van der Waals surface area contributed by atoms with E-state index < -0.39 is 58.9 Å². The van der Waals surface area contributed by atoms with Gasteiger partial charge >= 0.3 is 12.1 Å². The molecule has 4 N–H and O–H groups in total. The number of aromatic nitrogens is 2. The van der Waals surface area contributed by atoms with Crippen molar-refractivity contribution >= 4 is 51.2 Å². The van der Waals surface area contributed by atoms with Gasteiger partial charge in [-0.05, 0) is 68.9 Å². The van der Waals surface area contributed by atoms with E-state index in [4.69, 9.17) is 28.9 Å². The predicted molar refractivity (Wildman–Crippen MR) is 218 cm³/mol. The first-order valence-corrected chi connectivity index (χ1v) is 20.9. The van der Waals surface area contributed by atoms with Crippen molar-refractivity contribution in [2.45, 2.75) is 103 Å². The van der Waals surface area contributed by atoms with E-state index in [1.165, 1.54) is 28.7 Å². The van der Waals surface area contributed by atoms with Gasteiger partial charge < -0.3 is 44.9 Å². The van der Waals surface area contributed by atoms with Gasteiger partial charge in [0.05, 0.1) is 24.4 Å². The number of fused-ring (bicyclic) bond motifs is 2. The van der Waals surface area contributed by atoms with E-state index in [-0.39, 0.29) is 31.5 Å². The van der Waals surface area contributed by atoms with Gasteiger partial charge in [-0.25, -0.2) is 19.6 Å². The Morgan fingerprint density at radius 3 is 2.47 bits per heavy atom. The van der Waals surface area contributed by atoms with Gasteiger partial charge in [-0.1, -0.05) is 26.8 Å². The molecular weight excluding hydrogens is 765 g/mol. The summed E-state index contributed by atoms with van der Waals surface area (Å²) < 4.78 is 23.6. The third kappa shape index (κ3) is 8.87.